The van der Waals surface area contributed by atoms with Gasteiger partial charge in [0.15, 0.2) is 0 Å². The number of hydrogen-bond acceptors (Lipinski definition) is 5. The fourth-order valence-electron chi connectivity index (χ4n) is 3.04. The third-order valence-electron chi connectivity index (χ3n) is 4.16. The predicted octanol–water partition coefficient (Wildman–Crippen LogP) is -0.209. The number of nitrogens with one attached hydrogen (secondary N) is 1. The van der Waals surface area contributed by atoms with E-state index in [0.717, 1.165) is 19.1 Å². The molecule has 112 valence electrons. The van der Waals surface area contributed by atoms with Gasteiger partial charge in [0.2, 0.25) is 0 Å². The van der Waals surface area contributed by atoms with Gasteiger partial charge < -0.3 is 10.2 Å². The van der Waals surface area contributed by atoms with Crippen LogP contribution in [0.3, 0.4) is 0 Å². The Balaban J connectivity index is 1.55. The lowest BCUT2D eigenvalue weighted by Gasteiger charge is -2.23. The second-order valence-electron chi connectivity index (χ2n) is 5.87. The highest BCUT2D eigenvalue weighted by molar-refractivity contribution is 7.90. The second kappa shape index (κ2) is 7.02. The van der Waals surface area contributed by atoms with E-state index in [0.29, 0.717) is 6.54 Å². The molecule has 0 radical (unpaired) electrons. The van der Waals surface area contributed by atoms with Gasteiger partial charge in [0.25, 0.3) is 0 Å². The molecule has 0 aromatic carbocycles. The van der Waals surface area contributed by atoms with Crippen molar-refractivity contribution in [2.24, 2.45) is 0 Å². The van der Waals surface area contributed by atoms with Gasteiger partial charge >= 0.3 is 0 Å². The van der Waals surface area contributed by atoms with Gasteiger partial charge in [0.1, 0.15) is 9.84 Å². The number of likely N-dealkylation sites (tertiary alicyclic amines) is 2. The van der Waals surface area contributed by atoms with Crippen molar-refractivity contribution in [3.05, 3.63) is 0 Å². The minimum Gasteiger partial charge on any atom is -0.314 e. The summed E-state index contributed by atoms with van der Waals surface area (Å²) in [6.07, 6.45) is 5.31. The molecule has 19 heavy (non-hydrogen) atoms. The van der Waals surface area contributed by atoms with Crippen molar-refractivity contribution in [1.82, 2.24) is 15.1 Å². The van der Waals surface area contributed by atoms with Gasteiger partial charge in [-0.05, 0) is 38.9 Å². The molecular formula is C13H27N3O2S. The molecule has 0 saturated carbocycles. The zero-order chi connectivity index (χ0) is 13.7. The average molecular weight is 289 g/mol. The van der Waals surface area contributed by atoms with Crippen molar-refractivity contribution in [2.75, 3.05) is 57.8 Å². The summed E-state index contributed by atoms with van der Waals surface area (Å²) >= 11 is 0. The summed E-state index contributed by atoms with van der Waals surface area (Å²) in [6.45, 7) is 7.44. The SMILES string of the molecule is CS(=O)(=O)CCNCCN1CCC(N2CCCC2)C1. The summed E-state index contributed by atoms with van der Waals surface area (Å²) in [6, 6.07) is 0.763. The van der Waals surface area contributed by atoms with E-state index in [1.54, 1.807) is 0 Å². The van der Waals surface area contributed by atoms with Gasteiger partial charge in [-0.25, -0.2) is 8.42 Å². The standard InChI is InChI=1S/C13H27N3O2S/c1-19(17,18)11-6-14-5-10-15-9-4-13(12-15)16-7-2-3-8-16/h13-14H,2-12H2,1H3. The number of nitrogens with zero attached hydrogens (tertiary/aromatic N) is 2. The topological polar surface area (TPSA) is 52.7 Å². The quantitative estimate of drug-likeness (QED) is 0.657. The molecule has 2 saturated heterocycles. The average Bonchev–Trinajstić information content (AvgIpc) is 2.97. The first-order valence-electron chi connectivity index (χ1n) is 7.39. The smallest absolute Gasteiger partial charge is 0.148 e. The number of sulfone groups is 1. The minimum atomic E-state index is -2.83. The molecule has 0 amide bonds. The molecule has 0 spiro atoms. The molecular weight excluding hydrogens is 262 g/mol. The maximum Gasteiger partial charge on any atom is 0.148 e. The first kappa shape index (κ1) is 15.2. The molecule has 2 rings (SSSR count). The van der Waals surface area contributed by atoms with Crippen LogP contribution in [0.2, 0.25) is 0 Å². The van der Waals surface area contributed by atoms with E-state index in [9.17, 15) is 8.42 Å². The lowest BCUT2D eigenvalue weighted by Crippen LogP contribution is -2.37. The normalized spacial score (nSPS) is 26.3. The van der Waals surface area contributed by atoms with Crippen molar-refractivity contribution < 1.29 is 8.42 Å². The van der Waals surface area contributed by atoms with Gasteiger partial charge in [0.05, 0.1) is 5.75 Å². The van der Waals surface area contributed by atoms with Crippen LogP contribution >= 0.6 is 0 Å². The van der Waals surface area contributed by atoms with Crippen LogP contribution in [-0.2, 0) is 9.84 Å². The van der Waals surface area contributed by atoms with E-state index in [-0.39, 0.29) is 5.75 Å². The van der Waals surface area contributed by atoms with Crippen LogP contribution in [0.1, 0.15) is 19.3 Å². The largest absolute Gasteiger partial charge is 0.314 e. The molecule has 2 aliphatic rings. The summed E-state index contributed by atoms with van der Waals surface area (Å²) < 4.78 is 22.0. The highest BCUT2D eigenvalue weighted by Gasteiger charge is 2.28. The van der Waals surface area contributed by atoms with Crippen molar-refractivity contribution in [3.63, 3.8) is 0 Å². The van der Waals surface area contributed by atoms with E-state index in [4.69, 9.17) is 0 Å². The molecule has 1 unspecified atom stereocenters. The molecule has 2 heterocycles. The molecule has 5 nitrogen and oxygen atoms in total. The Morgan fingerprint density at radius 3 is 2.58 bits per heavy atom. The Kier molecular flexibility index (Phi) is 5.62. The van der Waals surface area contributed by atoms with E-state index in [2.05, 4.69) is 15.1 Å². The molecule has 0 bridgehead atoms. The van der Waals surface area contributed by atoms with Crippen LogP contribution in [0.15, 0.2) is 0 Å². The van der Waals surface area contributed by atoms with E-state index in [1.165, 1.54) is 51.7 Å². The lowest BCUT2D eigenvalue weighted by atomic mass is 10.2. The molecule has 0 aromatic rings. The minimum absolute atomic E-state index is 0.239. The van der Waals surface area contributed by atoms with E-state index >= 15 is 0 Å². The highest BCUT2D eigenvalue weighted by Crippen LogP contribution is 2.19. The Morgan fingerprint density at radius 1 is 1.16 bits per heavy atom. The van der Waals surface area contributed by atoms with E-state index in [1.807, 2.05) is 0 Å². The van der Waals surface area contributed by atoms with Crippen molar-refractivity contribution in [1.29, 1.82) is 0 Å². The third-order valence-corrected chi connectivity index (χ3v) is 5.10. The van der Waals surface area contributed by atoms with Crippen molar-refractivity contribution in [2.45, 2.75) is 25.3 Å². The molecule has 1 atom stereocenters. The molecule has 0 aromatic heterocycles. The lowest BCUT2D eigenvalue weighted by molar-refractivity contribution is 0.232. The van der Waals surface area contributed by atoms with Crippen LogP contribution < -0.4 is 5.32 Å². The summed E-state index contributed by atoms with van der Waals surface area (Å²) in [4.78, 5) is 5.13. The summed E-state index contributed by atoms with van der Waals surface area (Å²) in [5.74, 6) is 0.239. The van der Waals surface area contributed by atoms with E-state index < -0.39 is 9.84 Å². The van der Waals surface area contributed by atoms with Crippen LogP contribution in [0.4, 0.5) is 0 Å². The monoisotopic (exact) mass is 289 g/mol. The zero-order valence-electron chi connectivity index (χ0n) is 12.0. The number of hydrogen-bond donors (Lipinski definition) is 1. The van der Waals surface area contributed by atoms with Gasteiger partial charge in [-0.3, -0.25) is 4.90 Å². The molecule has 0 aliphatic carbocycles. The Bertz CT molecular complexity index is 366. The van der Waals surface area contributed by atoms with Crippen LogP contribution in [0, 0.1) is 0 Å². The van der Waals surface area contributed by atoms with Crippen LogP contribution in [0.25, 0.3) is 0 Å². The summed E-state index contributed by atoms with van der Waals surface area (Å²) in [5.41, 5.74) is 0. The number of rotatable bonds is 7. The second-order valence-corrected chi connectivity index (χ2v) is 8.13. The third kappa shape index (κ3) is 5.38. The van der Waals surface area contributed by atoms with Crippen molar-refractivity contribution in [3.8, 4) is 0 Å². The molecule has 2 fully saturated rings. The zero-order valence-corrected chi connectivity index (χ0v) is 12.8. The first-order chi connectivity index (χ1) is 9.04. The van der Waals surface area contributed by atoms with Crippen molar-refractivity contribution >= 4 is 9.84 Å². The Labute approximate surface area is 117 Å². The van der Waals surface area contributed by atoms with Crippen LogP contribution in [-0.4, -0.2) is 82.1 Å². The van der Waals surface area contributed by atoms with Gasteiger partial charge in [-0.15, -0.1) is 0 Å². The van der Waals surface area contributed by atoms with Gasteiger partial charge in [-0.2, -0.15) is 0 Å². The Morgan fingerprint density at radius 2 is 1.89 bits per heavy atom. The summed E-state index contributed by atoms with van der Waals surface area (Å²) in [5, 5.41) is 3.22. The molecule has 1 N–H and O–H groups in total. The fourth-order valence-corrected chi connectivity index (χ4v) is 3.55. The molecule has 2 aliphatic heterocycles. The fraction of sp³-hybridized carbons (Fsp3) is 1.00. The first-order valence-corrected chi connectivity index (χ1v) is 9.45. The van der Waals surface area contributed by atoms with Gasteiger partial charge in [0, 0.05) is 38.5 Å². The highest BCUT2D eigenvalue weighted by atomic mass is 32.2. The maximum atomic E-state index is 11.0. The summed E-state index contributed by atoms with van der Waals surface area (Å²) in [7, 11) is -2.83. The van der Waals surface area contributed by atoms with Gasteiger partial charge in [-0.1, -0.05) is 0 Å². The molecule has 6 heteroatoms. The maximum absolute atomic E-state index is 11.0. The Hall–Kier alpha value is -0.170. The van der Waals surface area contributed by atoms with Crippen LogP contribution in [0.5, 0.6) is 0 Å². The predicted molar refractivity (Wildman–Crippen MR) is 78.2 cm³/mol.